The second kappa shape index (κ2) is 10.3. The zero-order chi connectivity index (χ0) is 19.6. The van der Waals surface area contributed by atoms with Crippen LogP contribution < -0.4 is 10.1 Å². The highest BCUT2D eigenvalue weighted by molar-refractivity contribution is 5.95. The van der Waals surface area contributed by atoms with E-state index in [1.54, 1.807) is 24.3 Å². The number of aryl methyl sites for hydroxylation is 2. The first-order chi connectivity index (χ1) is 13.0. The monoisotopic (exact) mass is 371 g/mol. The van der Waals surface area contributed by atoms with Crippen molar-refractivity contribution < 1.29 is 23.8 Å². The zero-order valence-corrected chi connectivity index (χ0v) is 15.9. The molecule has 0 fully saturated rings. The van der Waals surface area contributed by atoms with Gasteiger partial charge in [-0.2, -0.15) is 0 Å². The number of rotatable bonds is 9. The predicted octanol–water partition coefficient (Wildman–Crippen LogP) is 3.51. The van der Waals surface area contributed by atoms with Crippen LogP contribution in [0.25, 0.3) is 0 Å². The Morgan fingerprint density at radius 1 is 1.04 bits per heavy atom. The second-order valence-electron chi connectivity index (χ2n) is 6.02. The number of carbonyl (C=O) groups is 2. The summed E-state index contributed by atoms with van der Waals surface area (Å²) in [5.74, 6) is -0.100. The van der Waals surface area contributed by atoms with Crippen molar-refractivity contribution in [3.63, 3.8) is 0 Å². The van der Waals surface area contributed by atoms with Crippen LogP contribution in [0.2, 0.25) is 0 Å². The van der Waals surface area contributed by atoms with Gasteiger partial charge in [-0.15, -0.1) is 0 Å². The van der Waals surface area contributed by atoms with Gasteiger partial charge in [0.2, 0.25) is 0 Å². The number of anilines is 1. The molecule has 0 saturated heterocycles. The van der Waals surface area contributed by atoms with E-state index in [-0.39, 0.29) is 19.1 Å². The van der Waals surface area contributed by atoms with Crippen LogP contribution in [0.5, 0.6) is 5.75 Å². The maximum absolute atomic E-state index is 12.1. The van der Waals surface area contributed by atoms with E-state index < -0.39 is 5.97 Å². The molecule has 2 aromatic carbocycles. The Balaban J connectivity index is 1.87. The van der Waals surface area contributed by atoms with E-state index in [1.807, 2.05) is 39.0 Å². The molecule has 0 saturated carbocycles. The smallest absolute Gasteiger partial charge is 0.338 e. The number of benzene rings is 2. The van der Waals surface area contributed by atoms with Crippen LogP contribution in [0.1, 0.15) is 28.4 Å². The molecule has 2 rings (SSSR count). The topological polar surface area (TPSA) is 73.9 Å². The SMILES string of the molecule is CCOCCOC(=O)c1cccc(NC(=O)COc2ccc(C)cc2C)c1. The van der Waals surface area contributed by atoms with Gasteiger partial charge in [0.25, 0.3) is 5.91 Å². The van der Waals surface area contributed by atoms with Crippen LogP contribution in [0.3, 0.4) is 0 Å². The summed E-state index contributed by atoms with van der Waals surface area (Å²) in [5, 5.41) is 2.72. The molecule has 0 aliphatic carbocycles. The third-order valence-electron chi connectivity index (χ3n) is 3.74. The lowest BCUT2D eigenvalue weighted by Crippen LogP contribution is -2.20. The summed E-state index contributed by atoms with van der Waals surface area (Å²) < 4.78 is 15.8. The second-order valence-corrected chi connectivity index (χ2v) is 6.02. The number of nitrogens with one attached hydrogen (secondary N) is 1. The molecular weight excluding hydrogens is 346 g/mol. The largest absolute Gasteiger partial charge is 0.483 e. The van der Waals surface area contributed by atoms with Gasteiger partial charge >= 0.3 is 5.97 Å². The summed E-state index contributed by atoms with van der Waals surface area (Å²) in [6, 6.07) is 12.3. The Bertz CT molecular complexity index is 788. The minimum absolute atomic E-state index is 0.118. The Morgan fingerprint density at radius 2 is 1.85 bits per heavy atom. The summed E-state index contributed by atoms with van der Waals surface area (Å²) in [4.78, 5) is 24.1. The summed E-state index contributed by atoms with van der Waals surface area (Å²) in [5.41, 5.74) is 2.97. The molecule has 0 heterocycles. The van der Waals surface area contributed by atoms with E-state index >= 15 is 0 Å². The molecule has 6 heteroatoms. The van der Waals surface area contributed by atoms with Crippen LogP contribution in [0.15, 0.2) is 42.5 Å². The van der Waals surface area contributed by atoms with E-state index in [1.165, 1.54) is 0 Å². The minimum atomic E-state index is -0.461. The molecule has 0 aliphatic heterocycles. The molecule has 0 bridgehead atoms. The Morgan fingerprint density at radius 3 is 2.59 bits per heavy atom. The van der Waals surface area contributed by atoms with Crippen molar-refractivity contribution in [2.24, 2.45) is 0 Å². The van der Waals surface area contributed by atoms with Gasteiger partial charge in [0.1, 0.15) is 12.4 Å². The molecule has 144 valence electrons. The molecule has 1 amide bonds. The number of hydrogen-bond donors (Lipinski definition) is 1. The lowest BCUT2D eigenvalue weighted by molar-refractivity contribution is -0.118. The maximum Gasteiger partial charge on any atom is 0.338 e. The first-order valence-corrected chi connectivity index (χ1v) is 8.84. The molecule has 0 aliphatic rings. The fourth-order valence-electron chi connectivity index (χ4n) is 2.45. The summed E-state index contributed by atoms with van der Waals surface area (Å²) in [7, 11) is 0. The van der Waals surface area contributed by atoms with Crippen molar-refractivity contribution in [1.29, 1.82) is 0 Å². The lowest BCUT2D eigenvalue weighted by Gasteiger charge is -2.11. The highest BCUT2D eigenvalue weighted by atomic mass is 16.6. The van der Waals surface area contributed by atoms with Crippen molar-refractivity contribution >= 4 is 17.6 Å². The molecule has 0 atom stereocenters. The lowest BCUT2D eigenvalue weighted by atomic mass is 10.1. The van der Waals surface area contributed by atoms with E-state index in [0.29, 0.717) is 30.2 Å². The number of amides is 1. The van der Waals surface area contributed by atoms with Crippen LogP contribution in [0, 0.1) is 13.8 Å². The van der Waals surface area contributed by atoms with Gasteiger partial charge in [-0.1, -0.05) is 23.8 Å². The van der Waals surface area contributed by atoms with Crippen molar-refractivity contribution in [2.45, 2.75) is 20.8 Å². The highest BCUT2D eigenvalue weighted by Crippen LogP contribution is 2.19. The number of esters is 1. The van der Waals surface area contributed by atoms with E-state index in [4.69, 9.17) is 14.2 Å². The van der Waals surface area contributed by atoms with E-state index in [9.17, 15) is 9.59 Å². The van der Waals surface area contributed by atoms with Gasteiger partial charge in [-0.3, -0.25) is 4.79 Å². The molecular formula is C21H25NO5. The quantitative estimate of drug-likeness (QED) is 0.539. The van der Waals surface area contributed by atoms with Crippen LogP contribution in [0.4, 0.5) is 5.69 Å². The van der Waals surface area contributed by atoms with Crippen molar-refractivity contribution in [2.75, 3.05) is 31.7 Å². The average molecular weight is 371 g/mol. The molecule has 2 aromatic rings. The van der Waals surface area contributed by atoms with E-state index in [0.717, 1.165) is 11.1 Å². The zero-order valence-electron chi connectivity index (χ0n) is 15.9. The van der Waals surface area contributed by atoms with Crippen molar-refractivity contribution in [1.82, 2.24) is 0 Å². The summed E-state index contributed by atoms with van der Waals surface area (Å²) in [6.45, 7) is 6.80. The van der Waals surface area contributed by atoms with Crippen LogP contribution >= 0.6 is 0 Å². The minimum Gasteiger partial charge on any atom is -0.483 e. The standard InChI is InChI=1S/C21H25NO5/c1-4-25-10-11-26-21(24)17-6-5-7-18(13-17)22-20(23)14-27-19-9-8-15(2)12-16(19)3/h5-9,12-13H,4,10-11,14H2,1-3H3,(H,22,23). The molecule has 27 heavy (non-hydrogen) atoms. The van der Waals surface area contributed by atoms with E-state index in [2.05, 4.69) is 5.32 Å². The molecule has 0 spiro atoms. The fourth-order valence-corrected chi connectivity index (χ4v) is 2.45. The predicted molar refractivity (Wildman–Crippen MR) is 103 cm³/mol. The molecule has 6 nitrogen and oxygen atoms in total. The Kier molecular flexibility index (Phi) is 7.82. The first-order valence-electron chi connectivity index (χ1n) is 8.84. The first kappa shape index (κ1) is 20.5. The average Bonchev–Trinajstić information content (AvgIpc) is 2.64. The van der Waals surface area contributed by atoms with Gasteiger partial charge in [-0.05, 0) is 50.6 Å². The third-order valence-corrected chi connectivity index (χ3v) is 3.74. The normalized spacial score (nSPS) is 10.3. The molecule has 0 aromatic heterocycles. The van der Waals surface area contributed by atoms with Gasteiger partial charge < -0.3 is 19.5 Å². The molecule has 1 N–H and O–H groups in total. The van der Waals surface area contributed by atoms with Gasteiger partial charge in [0, 0.05) is 12.3 Å². The number of carbonyl (C=O) groups excluding carboxylic acids is 2. The number of ether oxygens (including phenoxy) is 3. The molecule has 0 unspecified atom stereocenters. The number of hydrogen-bond acceptors (Lipinski definition) is 5. The molecule has 0 radical (unpaired) electrons. The van der Waals surface area contributed by atoms with Crippen molar-refractivity contribution in [3.05, 3.63) is 59.2 Å². The third kappa shape index (κ3) is 6.75. The Labute approximate surface area is 159 Å². The summed E-state index contributed by atoms with van der Waals surface area (Å²) in [6.07, 6.45) is 0. The van der Waals surface area contributed by atoms with Crippen LogP contribution in [-0.2, 0) is 14.3 Å². The van der Waals surface area contributed by atoms with Crippen LogP contribution in [-0.4, -0.2) is 38.3 Å². The maximum atomic E-state index is 12.1. The Hall–Kier alpha value is -2.86. The van der Waals surface area contributed by atoms with Gasteiger partial charge in [0.05, 0.1) is 12.2 Å². The fraction of sp³-hybridized carbons (Fsp3) is 0.333. The van der Waals surface area contributed by atoms with Gasteiger partial charge in [-0.25, -0.2) is 4.79 Å². The van der Waals surface area contributed by atoms with Crippen molar-refractivity contribution in [3.8, 4) is 5.75 Å². The van der Waals surface area contributed by atoms with Gasteiger partial charge in [0.15, 0.2) is 6.61 Å². The summed E-state index contributed by atoms with van der Waals surface area (Å²) >= 11 is 0. The highest BCUT2D eigenvalue weighted by Gasteiger charge is 2.10.